The molecule has 0 amide bonds. The molecule has 1 heterocycles. The molecule has 0 atom stereocenters. The third kappa shape index (κ3) is 3.78. The highest BCUT2D eigenvalue weighted by Crippen LogP contribution is 2.54. The number of halogens is 9. The van der Waals surface area contributed by atoms with Crippen LogP contribution in [0.25, 0.3) is 0 Å². The molecule has 8 nitrogen and oxygen atoms in total. The van der Waals surface area contributed by atoms with Crippen LogP contribution in [-0.2, 0) is 27.1 Å². The second kappa shape index (κ2) is 6.30. The van der Waals surface area contributed by atoms with E-state index in [4.69, 9.17) is 0 Å². The maximum atomic E-state index is 13.5. The predicted molar refractivity (Wildman–Crippen MR) is 67.8 cm³/mol. The first-order valence-corrected chi connectivity index (χ1v) is 9.47. The molecule has 0 radical (unpaired) electrons. The Balaban J connectivity index is 3.66. The molecule has 20 heteroatoms. The number of primary sulfonamides is 1. The van der Waals surface area contributed by atoms with E-state index in [-0.39, 0.29) is 16.0 Å². The standard InChI is InChI=1S/C7H5F9N4O4S3/c1-20-2(25-3(18-20)26(17,21)22)19-27(23,24)7(15,16)5(10,11)4(8,9)6(12,13)14/h1H3,(H2,17,21,22)/b19-2+. The molecule has 158 valence electrons. The number of alkyl halides is 9. The van der Waals surface area contributed by atoms with Gasteiger partial charge in [0.1, 0.15) is 0 Å². The quantitative estimate of drug-likeness (QED) is 0.630. The van der Waals surface area contributed by atoms with Crippen molar-refractivity contribution in [2.24, 2.45) is 16.6 Å². The van der Waals surface area contributed by atoms with E-state index in [2.05, 4.69) is 10.2 Å². The summed E-state index contributed by atoms with van der Waals surface area (Å²) in [5.41, 5.74) is 0. The molecule has 2 N–H and O–H groups in total. The highest BCUT2D eigenvalue weighted by atomic mass is 32.2. The molecular weight excluding hydrogens is 471 g/mol. The molecule has 0 aromatic carbocycles. The molecule has 0 saturated carbocycles. The maximum absolute atomic E-state index is 13.5. The lowest BCUT2D eigenvalue weighted by molar-refractivity contribution is -0.382. The van der Waals surface area contributed by atoms with Gasteiger partial charge in [-0.05, 0) is 0 Å². The monoisotopic (exact) mass is 476 g/mol. The van der Waals surface area contributed by atoms with Crippen LogP contribution in [-0.4, -0.2) is 49.9 Å². The van der Waals surface area contributed by atoms with Crippen molar-refractivity contribution < 1.29 is 56.3 Å². The summed E-state index contributed by atoms with van der Waals surface area (Å²) in [6, 6.07) is 0. The molecule has 0 aliphatic rings. The van der Waals surface area contributed by atoms with E-state index in [1.54, 1.807) is 0 Å². The Hall–Kier alpha value is -1.41. The molecule has 0 saturated heterocycles. The summed E-state index contributed by atoms with van der Waals surface area (Å²) in [7, 11) is -11.1. The largest absolute Gasteiger partial charge is 0.460 e. The molecule has 0 aliphatic heterocycles. The van der Waals surface area contributed by atoms with Crippen molar-refractivity contribution in [3.8, 4) is 0 Å². The summed E-state index contributed by atoms with van der Waals surface area (Å²) < 4.78 is 160. The van der Waals surface area contributed by atoms with Gasteiger partial charge in [-0.1, -0.05) is 11.3 Å². The number of nitrogens with zero attached hydrogens (tertiary/aromatic N) is 3. The number of rotatable bonds is 5. The van der Waals surface area contributed by atoms with Crippen LogP contribution in [0.3, 0.4) is 0 Å². The van der Waals surface area contributed by atoms with Crippen LogP contribution in [0.1, 0.15) is 0 Å². The Kier molecular flexibility index (Phi) is 5.52. The smallest absolute Gasteiger partial charge is 0.239 e. The van der Waals surface area contributed by atoms with E-state index in [1.807, 2.05) is 4.40 Å². The number of hydrogen-bond acceptors (Lipinski definition) is 6. The average Bonchev–Trinajstić information content (AvgIpc) is 2.77. The van der Waals surface area contributed by atoms with Gasteiger partial charge >= 0.3 is 33.3 Å². The molecule has 0 aliphatic carbocycles. The second-order valence-corrected chi connectivity index (χ2v) is 8.89. The molecule has 0 bridgehead atoms. The number of hydrogen-bond donors (Lipinski definition) is 1. The van der Waals surface area contributed by atoms with Gasteiger partial charge in [-0.25, -0.2) is 18.2 Å². The topological polar surface area (TPSA) is 124 Å². The first kappa shape index (κ1) is 23.6. The molecule has 27 heavy (non-hydrogen) atoms. The van der Waals surface area contributed by atoms with Crippen molar-refractivity contribution in [1.82, 2.24) is 9.78 Å². The van der Waals surface area contributed by atoms with E-state index < -0.39 is 52.5 Å². The minimum atomic E-state index is -7.47. The van der Waals surface area contributed by atoms with Gasteiger partial charge in [0.15, 0.2) is 0 Å². The zero-order valence-electron chi connectivity index (χ0n) is 12.2. The number of aromatic nitrogens is 2. The Morgan fingerprint density at radius 3 is 1.74 bits per heavy atom. The molecule has 0 fully saturated rings. The highest BCUT2D eigenvalue weighted by molar-refractivity contribution is 7.91. The molecule has 1 aromatic rings. The first-order valence-electron chi connectivity index (χ1n) is 5.67. The van der Waals surface area contributed by atoms with Gasteiger partial charge in [0.25, 0.3) is 10.0 Å². The predicted octanol–water partition coefficient (Wildman–Crippen LogP) is 0.785. The summed E-state index contributed by atoms with van der Waals surface area (Å²) in [5.74, 6) is -14.9. The van der Waals surface area contributed by atoms with Crippen LogP contribution in [0.4, 0.5) is 39.5 Å². The number of nitrogens with two attached hydrogens (primary N) is 1. The van der Waals surface area contributed by atoms with Crippen molar-refractivity contribution in [2.45, 2.75) is 27.6 Å². The van der Waals surface area contributed by atoms with Crippen molar-refractivity contribution in [2.75, 3.05) is 0 Å². The lowest BCUT2D eigenvalue weighted by Gasteiger charge is -2.31. The molecule has 1 rings (SSSR count). The van der Waals surface area contributed by atoms with Gasteiger partial charge in [0.05, 0.1) is 0 Å². The fraction of sp³-hybridized carbons (Fsp3) is 0.714. The van der Waals surface area contributed by atoms with Gasteiger partial charge in [-0.3, -0.25) is 0 Å². The van der Waals surface area contributed by atoms with E-state index in [0.717, 1.165) is 0 Å². The average molecular weight is 476 g/mol. The Morgan fingerprint density at radius 1 is 0.963 bits per heavy atom. The van der Waals surface area contributed by atoms with Crippen LogP contribution >= 0.6 is 11.3 Å². The highest BCUT2D eigenvalue weighted by Gasteiger charge is 2.85. The van der Waals surface area contributed by atoms with Gasteiger partial charge in [0, 0.05) is 7.05 Å². The Labute approximate surface area is 147 Å². The Bertz CT molecular complexity index is 1000. The fourth-order valence-electron chi connectivity index (χ4n) is 1.21. The summed E-state index contributed by atoms with van der Waals surface area (Å²) in [4.78, 5) is -1.38. The van der Waals surface area contributed by atoms with Gasteiger partial charge in [-0.15, -0.1) is 9.50 Å². The van der Waals surface area contributed by atoms with Gasteiger partial charge < -0.3 is 0 Å². The van der Waals surface area contributed by atoms with Crippen LogP contribution < -0.4 is 9.94 Å². The van der Waals surface area contributed by atoms with Crippen LogP contribution in [0.15, 0.2) is 8.74 Å². The summed E-state index contributed by atoms with van der Waals surface area (Å²) >= 11 is -0.362. The summed E-state index contributed by atoms with van der Waals surface area (Å²) in [6.45, 7) is 0. The summed E-state index contributed by atoms with van der Waals surface area (Å²) in [5, 5.41) is 0.544. The van der Waals surface area contributed by atoms with Gasteiger partial charge in [-0.2, -0.15) is 47.9 Å². The molecule has 0 unspecified atom stereocenters. The van der Waals surface area contributed by atoms with Crippen molar-refractivity contribution in [3.05, 3.63) is 4.80 Å². The molecule has 1 aromatic heterocycles. The lowest BCUT2D eigenvalue weighted by Crippen LogP contribution is -2.63. The minimum Gasteiger partial charge on any atom is -0.239 e. The number of sulfonamides is 2. The fourth-order valence-corrected chi connectivity index (χ4v) is 3.96. The van der Waals surface area contributed by atoms with Crippen molar-refractivity contribution >= 4 is 31.4 Å². The lowest BCUT2D eigenvalue weighted by atomic mass is 10.1. The van der Waals surface area contributed by atoms with E-state index in [9.17, 15) is 56.3 Å². The SMILES string of the molecule is Cn1nc(S(N)(=O)=O)s/c1=N/S(=O)(=O)C(F)(F)C(F)(F)C(F)(F)C(F)(F)F. The van der Waals surface area contributed by atoms with Crippen LogP contribution in [0, 0.1) is 0 Å². The third-order valence-corrected chi connectivity index (χ3v) is 6.31. The summed E-state index contributed by atoms with van der Waals surface area (Å²) in [6.07, 6.45) is -7.23. The maximum Gasteiger partial charge on any atom is 0.460 e. The van der Waals surface area contributed by atoms with Crippen molar-refractivity contribution in [3.63, 3.8) is 0 Å². The third-order valence-electron chi connectivity index (χ3n) is 2.57. The van der Waals surface area contributed by atoms with E-state index in [1.165, 1.54) is 0 Å². The molecule has 0 spiro atoms. The van der Waals surface area contributed by atoms with Crippen LogP contribution in [0.5, 0.6) is 0 Å². The van der Waals surface area contributed by atoms with E-state index >= 15 is 0 Å². The second-order valence-electron chi connectivity index (χ2n) is 4.55. The first-order chi connectivity index (χ1) is 11.6. The van der Waals surface area contributed by atoms with Crippen LogP contribution in [0.2, 0.25) is 0 Å². The van der Waals surface area contributed by atoms with E-state index in [0.29, 0.717) is 7.05 Å². The zero-order valence-corrected chi connectivity index (χ0v) is 14.6. The zero-order chi connectivity index (χ0) is 21.9. The van der Waals surface area contributed by atoms with Gasteiger partial charge in [0.2, 0.25) is 9.14 Å². The number of aryl methyl sites for hydroxylation is 1. The minimum absolute atomic E-state index is 0.123. The molecular formula is C7H5F9N4O4S3. The normalized spacial score (nSPS) is 16.0. The van der Waals surface area contributed by atoms with Crippen molar-refractivity contribution in [1.29, 1.82) is 0 Å². The Morgan fingerprint density at radius 2 is 1.41 bits per heavy atom.